The van der Waals surface area contributed by atoms with Crippen LogP contribution in [0.25, 0.3) is 0 Å². The molecule has 0 radical (unpaired) electrons. The van der Waals surface area contributed by atoms with Crippen LogP contribution in [-0.2, 0) is 15.0 Å². The molecular formula is C6H14N2O4S. The van der Waals surface area contributed by atoms with Crippen molar-refractivity contribution in [3.63, 3.8) is 0 Å². The van der Waals surface area contributed by atoms with Gasteiger partial charge < -0.3 is 5.11 Å². The highest BCUT2D eigenvalue weighted by molar-refractivity contribution is 7.87. The third-order valence-electron chi connectivity index (χ3n) is 1.51. The van der Waals surface area contributed by atoms with E-state index in [4.69, 9.17) is 10.2 Å². The number of hydrogen-bond acceptors (Lipinski definition) is 3. The molecule has 0 bridgehead atoms. The summed E-state index contributed by atoms with van der Waals surface area (Å²) in [6, 6.07) is -0.660. The summed E-state index contributed by atoms with van der Waals surface area (Å²) in [7, 11) is -3.83. The molecule has 0 amide bonds. The van der Waals surface area contributed by atoms with E-state index >= 15 is 0 Å². The van der Waals surface area contributed by atoms with Gasteiger partial charge in [0.05, 0.1) is 6.42 Å². The molecule has 7 heteroatoms. The molecule has 1 atom stereocenters. The average molecular weight is 210 g/mol. The summed E-state index contributed by atoms with van der Waals surface area (Å²) in [5.41, 5.74) is 0. The van der Waals surface area contributed by atoms with Crippen LogP contribution in [0.3, 0.4) is 0 Å². The van der Waals surface area contributed by atoms with E-state index in [1.54, 1.807) is 13.8 Å². The second-order valence-corrected chi connectivity index (χ2v) is 4.44. The maximum absolute atomic E-state index is 10.6. The number of carbonyl (C=O) groups is 1. The van der Waals surface area contributed by atoms with Gasteiger partial charge in [0.25, 0.3) is 10.2 Å². The molecule has 0 unspecified atom stereocenters. The van der Waals surface area contributed by atoms with Gasteiger partial charge in [-0.1, -0.05) is 13.8 Å². The maximum Gasteiger partial charge on any atom is 0.304 e. The number of nitrogens with two attached hydrogens (primary N) is 1. The van der Waals surface area contributed by atoms with Crippen LogP contribution >= 0.6 is 0 Å². The minimum atomic E-state index is -3.83. The lowest BCUT2D eigenvalue weighted by Crippen LogP contribution is -2.43. The Morgan fingerprint density at radius 2 is 2.00 bits per heavy atom. The van der Waals surface area contributed by atoms with Crippen molar-refractivity contribution >= 4 is 16.2 Å². The molecule has 0 rings (SSSR count). The Kier molecular flexibility index (Phi) is 4.31. The lowest BCUT2D eigenvalue weighted by Gasteiger charge is -2.18. The molecule has 0 saturated heterocycles. The molecule has 0 aliphatic carbocycles. The number of aliphatic carboxylic acids is 1. The van der Waals surface area contributed by atoms with Gasteiger partial charge in [-0.2, -0.15) is 13.1 Å². The van der Waals surface area contributed by atoms with Crippen LogP contribution in [0.4, 0.5) is 0 Å². The van der Waals surface area contributed by atoms with Crippen molar-refractivity contribution in [2.24, 2.45) is 11.1 Å². The molecule has 0 spiro atoms. The van der Waals surface area contributed by atoms with E-state index < -0.39 is 22.2 Å². The fourth-order valence-corrected chi connectivity index (χ4v) is 1.59. The highest BCUT2D eigenvalue weighted by Crippen LogP contribution is 2.06. The minimum absolute atomic E-state index is 0.116. The van der Waals surface area contributed by atoms with Crippen LogP contribution in [0, 0.1) is 5.92 Å². The third kappa shape index (κ3) is 6.50. The van der Waals surface area contributed by atoms with Crippen molar-refractivity contribution in [3.05, 3.63) is 0 Å². The summed E-state index contributed by atoms with van der Waals surface area (Å²) in [4.78, 5) is 10.3. The summed E-state index contributed by atoms with van der Waals surface area (Å²) in [6.45, 7) is 3.43. The number of carboxylic acids is 1. The molecule has 0 aromatic carbocycles. The van der Waals surface area contributed by atoms with Crippen LogP contribution in [0.1, 0.15) is 20.3 Å². The highest BCUT2D eigenvalue weighted by atomic mass is 32.2. The van der Waals surface area contributed by atoms with Crippen molar-refractivity contribution in [2.45, 2.75) is 26.3 Å². The summed E-state index contributed by atoms with van der Waals surface area (Å²) >= 11 is 0. The molecule has 4 N–H and O–H groups in total. The van der Waals surface area contributed by atoms with E-state index in [0.717, 1.165) is 0 Å². The van der Waals surface area contributed by atoms with Gasteiger partial charge in [-0.3, -0.25) is 4.79 Å². The van der Waals surface area contributed by atoms with Crippen LogP contribution in [-0.4, -0.2) is 25.5 Å². The molecule has 13 heavy (non-hydrogen) atoms. The Bertz CT molecular complexity index is 272. The smallest absolute Gasteiger partial charge is 0.304 e. The standard InChI is InChI=1S/C6H14N2O4S/c1-4(2)5(3-6(9)10)8-13(7,11)12/h4-5,8H,3H2,1-2H3,(H,9,10)(H2,7,11,12)/t5-/m1/s1. The van der Waals surface area contributed by atoms with E-state index in [0.29, 0.717) is 0 Å². The SMILES string of the molecule is CC(C)[C@@H](CC(=O)O)NS(N)(=O)=O. The monoisotopic (exact) mass is 210 g/mol. The van der Waals surface area contributed by atoms with Crippen molar-refractivity contribution < 1.29 is 18.3 Å². The van der Waals surface area contributed by atoms with Crippen molar-refractivity contribution in [1.82, 2.24) is 4.72 Å². The zero-order chi connectivity index (χ0) is 10.6. The minimum Gasteiger partial charge on any atom is -0.481 e. The van der Waals surface area contributed by atoms with E-state index in [1.165, 1.54) is 0 Å². The number of rotatable bonds is 5. The fourth-order valence-electron chi connectivity index (χ4n) is 0.813. The van der Waals surface area contributed by atoms with E-state index in [-0.39, 0.29) is 12.3 Å². The van der Waals surface area contributed by atoms with Gasteiger partial charge in [0, 0.05) is 6.04 Å². The van der Waals surface area contributed by atoms with Gasteiger partial charge in [-0.15, -0.1) is 0 Å². The number of hydrogen-bond donors (Lipinski definition) is 3. The maximum atomic E-state index is 10.6. The first kappa shape index (κ1) is 12.3. The Morgan fingerprint density at radius 1 is 1.54 bits per heavy atom. The van der Waals surface area contributed by atoms with E-state index in [1.807, 2.05) is 0 Å². The number of nitrogens with one attached hydrogen (secondary N) is 1. The number of carboxylic acid groups (broad SMARTS) is 1. The molecular weight excluding hydrogens is 196 g/mol. The Morgan fingerprint density at radius 3 is 2.23 bits per heavy atom. The van der Waals surface area contributed by atoms with Crippen molar-refractivity contribution in [1.29, 1.82) is 0 Å². The summed E-state index contributed by atoms with van der Waals surface area (Å²) in [5, 5.41) is 13.2. The van der Waals surface area contributed by atoms with E-state index in [2.05, 4.69) is 4.72 Å². The Labute approximate surface area is 77.3 Å². The van der Waals surface area contributed by atoms with Crippen LogP contribution in [0.15, 0.2) is 0 Å². The molecule has 0 aliphatic heterocycles. The van der Waals surface area contributed by atoms with Gasteiger partial charge in [0.2, 0.25) is 0 Å². The lowest BCUT2D eigenvalue weighted by molar-refractivity contribution is -0.137. The lowest BCUT2D eigenvalue weighted by atomic mass is 10.0. The first-order valence-electron chi connectivity index (χ1n) is 3.74. The molecule has 0 saturated carbocycles. The zero-order valence-electron chi connectivity index (χ0n) is 7.52. The molecule has 6 nitrogen and oxygen atoms in total. The quantitative estimate of drug-likeness (QED) is 0.556. The Hall–Kier alpha value is -0.660. The first-order chi connectivity index (χ1) is 5.72. The second-order valence-electron chi connectivity index (χ2n) is 3.11. The molecule has 0 aromatic heterocycles. The summed E-state index contributed by atoms with van der Waals surface area (Å²) < 4.78 is 23.3. The van der Waals surface area contributed by atoms with Crippen molar-refractivity contribution in [2.75, 3.05) is 0 Å². The molecule has 0 fully saturated rings. The second kappa shape index (κ2) is 4.54. The normalized spacial score (nSPS) is 14.5. The predicted octanol–water partition coefficient (Wildman–Crippen LogP) is -0.721. The van der Waals surface area contributed by atoms with Gasteiger partial charge in [0.15, 0.2) is 0 Å². The Balaban J connectivity index is 4.36. The van der Waals surface area contributed by atoms with Crippen LogP contribution in [0.5, 0.6) is 0 Å². The largest absolute Gasteiger partial charge is 0.481 e. The predicted molar refractivity (Wildman–Crippen MR) is 47.1 cm³/mol. The average Bonchev–Trinajstić information content (AvgIpc) is 1.81. The zero-order valence-corrected chi connectivity index (χ0v) is 8.34. The summed E-state index contributed by atoms with van der Waals surface area (Å²) in [6.07, 6.45) is -0.270. The molecule has 0 aliphatic rings. The molecule has 0 heterocycles. The van der Waals surface area contributed by atoms with Crippen molar-refractivity contribution in [3.8, 4) is 0 Å². The topological polar surface area (TPSA) is 109 Å². The van der Waals surface area contributed by atoms with E-state index in [9.17, 15) is 13.2 Å². The fraction of sp³-hybridized carbons (Fsp3) is 0.833. The molecule has 78 valence electrons. The van der Waals surface area contributed by atoms with Crippen LogP contribution < -0.4 is 9.86 Å². The van der Waals surface area contributed by atoms with Gasteiger partial charge in [-0.25, -0.2) is 5.14 Å². The van der Waals surface area contributed by atoms with Gasteiger partial charge >= 0.3 is 5.97 Å². The van der Waals surface area contributed by atoms with Gasteiger partial charge in [-0.05, 0) is 5.92 Å². The van der Waals surface area contributed by atoms with Gasteiger partial charge in [0.1, 0.15) is 0 Å². The molecule has 0 aromatic rings. The highest BCUT2D eigenvalue weighted by Gasteiger charge is 2.20. The summed E-state index contributed by atoms with van der Waals surface area (Å²) in [5.74, 6) is -1.18. The third-order valence-corrected chi connectivity index (χ3v) is 2.15. The van der Waals surface area contributed by atoms with Crippen LogP contribution in [0.2, 0.25) is 0 Å². The first-order valence-corrected chi connectivity index (χ1v) is 5.29.